The molecular weight excluding hydrogens is 334 g/mol. The number of fused-ring (bicyclic) bond motifs is 1. The number of nitrogens with one attached hydrogen (secondary N) is 2. The molecule has 2 amide bonds. The molecule has 1 aromatic rings. The molecule has 1 aliphatic heterocycles. The number of ether oxygens (including phenoxy) is 1. The van der Waals surface area contributed by atoms with Gasteiger partial charge < -0.3 is 15.4 Å². The van der Waals surface area contributed by atoms with E-state index < -0.39 is 16.0 Å². The maximum absolute atomic E-state index is 12.3. The Morgan fingerprint density at radius 3 is 2.62 bits per heavy atom. The third-order valence-corrected chi connectivity index (χ3v) is 4.76. The number of rotatable bonds is 3. The minimum absolute atomic E-state index is 0.0508. The molecule has 1 aliphatic carbocycles. The Balaban J connectivity index is 1.87. The highest BCUT2D eigenvalue weighted by Gasteiger charge is 2.26. The lowest BCUT2D eigenvalue weighted by atomic mass is 10.1. The summed E-state index contributed by atoms with van der Waals surface area (Å²) in [4.78, 5) is 22.6. The van der Waals surface area contributed by atoms with E-state index in [0.29, 0.717) is 5.70 Å². The van der Waals surface area contributed by atoms with Crippen LogP contribution in [0.15, 0.2) is 57.5 Å². The summed E-state index contributed by atoms with van der Waals surface area (Å²) in [5.41, 5.74) is 0.978. The molecule has 0 spiro atoms. The molecule has 0 radical (unpaired) electrons. The van der Waals surface area contributed by atoms with Crippen LogP contribution >= 0.6 is 0 Å². The van der Waals surface area contributed by atoms with Crippen LogP contribution in [0.2, 0.25) is 0 Å². The normalized spacial score (nSPS) is 20.9. The molecule has 3 rings (SSSR count). The summed E-state index contributed by atoms with van der Waals surface area (Å²) in [6, 6.07) is 4.63. The summed E-state index contributed by atoms with van der Waals surface area (Å²) in [5.74, 6) is -0.555. The number of nitrogens with zero attached hydrogens (tertiary/aromatic N) is 1. The zero-order valence-electron chi connectivity index (χ0n) is 12.5. The van der Waals surface area contributed by atoms with Crippen LogP contribution in [0.4, 0.5) is 4.79 Å². The van der Waals surface area contributed by atoms with E-state index in [-0.39, 0.29) is 28.2 Å². The Morgan fingerprint density at radius 2 is 1.96 bits per heavy atom. The Morgan fingerprint density at radius 1 is 1.25 bits per heavy atom. The van der Waals surface area contributed by atoms with Gasteiger partial charge in [-0.05, 0) is 36.4 Å². The molecule has 2 aliphatic rings. The predicted molar refractivity (Wildman–Crippen MR) is 85.1 cm³/mol. The van der Waals surface area contributed by atoms with E-state index >= 15 is 0 Å². The highest BCUT2D eigenvalue weighted by molar-refractivity contribution is 7.90. The van der Waals surface area contributed by atoms with Crippen molar-refractivity contribution in [3.05, 3.63) is 53.8 Å². The quantitative estimate of drug-likeness (QED) is 0.783. The summed E-state index contributed by atoms with van der Waals surface area (Å²) < 4.78 is 33.0. The van der Waals surface area contributed by atoms with Gasteiger partial charge in [-0.1, -0.05) is 6.08 Å². The number of esters is 1. The molecule has 0 aromatic heterocycles. The van der Waals surface area contributed by atoms with E-state index in [1.807, 2.05) is 0 Å². The molecule has 2 N–H and O–H groups in total. The number of methoxy groups -OCH3 is 1. The van der Waals surface area contributed by atoms with E-state index in [0.717, 1.165) is 0 Å². The fourth-order valence-corrected chi connectivity index (χ4v) is 3.25. The second-order valence-electron chi connectivity index (χ2n) is 5.04. The number of hydrogen-bond acceptors (Lipinski definition) is 5. The van der Waals surface area contributed by atoms with Gasteiger partial charge in [0.2, 0.25) is 0 Å². The van der Waals surface area contributed by atoms with Crippen LogP contribution in [-0.4, -0.2) is 39.3 Å². The number of amides is 2. The van der Waals surface area contributed by atoms with Crippen molar-refractivity contribution < 1.29 is 22.7 Å². The Hall–Kier alpha value is -2.94. The van der Waals surface area contributed by atoms with Crippen LogP contribution in [0.5, 0.6) is 0 Å². The van der Waals surface area contributed by atoms with E-state index in [1.54, 1.807) is 6.08 Å². The van der Waals surface area contributed by atoms with Gasteiger partial charge in [-0.15, -0.1) is 0 Å². The van der Waals surface area contributed by atoms with Gasteiger partial charge in [-0.3, -0.25) is 0 Å². The molecule has 0 bridgehead atoms. The first-order chi connectivity index (χ1) is 11.4. The molecule has 9 heteroatoms. The first kappa shape index (κ1) is 15.9. The van der Waals surface area contributed by atoms with Crippen molar-refractivity contribution in [3.63, 3.8) is 0 Å². The van der Waals surface area contributed by atoms with Crippen molar-refractivity contribution in [2.24, 2.45) is 4.40 Å². The molecule has 1 saturated heterocycles. The predicted octanol–water partition coefficient (Wildman–Crippen LogP) is 0.738. The molecule has 8 nitrogen and oxygen atoms in total. The SMILES string of the molecule is COC(=O)c1ccc(S(=O)(=O)/N=C2\C=CC3NC(=O)NC3=C2)cc1. The van der Waals surface area contributed by atoms with Crippen molar-refractivity contribution in [1.29, 1.82) is 0 Å². The third-order valence-electron chi connectivity index (χ3n) is 3.44. The lowest BCUT2D eigenvalue weighted by molar-refractivity contribution is 0.0600. The summed E-state index contributed by atoms with van der Waals surface area (Å²) in [7, 11) is -2.70. The van der Waals surface area contributed by atoms with Crippen LogP contribution in [0.25, 0.3) is 0 Å². The van der Waals surface area contributed by atoms with Crippen molar-refractivity contribution in [1.82, 2.24) is 10.6 Å². The molecule has 1 aromatic carbocycles. The van der Waals surface area contributed by atoms with E-state index in [2.05, 4.69) is 19.8 Å². The number of benzene rings is 1. The largest absolute Gasteiger partial charge is 0.465 e. The minimum atomic E-state index is -3.94. The monoisotopic (exact) mass is 347 g/mol. The number of hydrogen-bond donors (Lipinski definition) is 2. The molecule has 0 saturated carbocycles. The summed E-state index contributed by atoms with van der Waals surface area (Å²) >= 11 is 0. The standard InChI is InChI=1S/C15H13N3O5S/c1-23-14(19)9-2-5-11(6-3-9)24(21,22)18-10-4-7-12-13(8-10)17-15(20)16-12/h2-8,12H,1H3,(H2,16,17,20)/b18-10+. The molecule has 124 valence electrons. The highest BCUT2D eigenvalue weighted by atomic mass is 32.2. The number of urea groups is 1. The van der Waals surface area contributed by atoms with Crippen molar-refractivity contribution in [2.75, 3.05) is 7.11 Å². The lowest BCUT2D eigenvalue weighted by Crippen LogP contribution is -2.25. The molecule has 24 heavy (non-hydrogen) atoms. The molecular formula is C15H13N3O5S. The van der Waals surface area contributed by atoms with Gasteiger partial charge in [0.1, 0.15) is 0 Å². The zero-order valence-corrected chi connectivity index (χ0v) is 13.3. The van der Waals surface area contributed by atoms with Crippen LogP contribution in [0.1, 0.15) is 10.4 Å². The average Bonchev–Trinajstić information content (AvgIpc) is 2.93. The Kier molecular flexibility index (Phi) is 3.94. The van der Waals surface area contributed by atoms with Crippen molar-refractivity contribution in [2.45, 2.75) is 10.9 Å². The van der Waals surface area contributed by atoms with E-state index in [1.165, 1.54) is 43.5 Å². The lowest BCUT2D eigenvalue weighted by Gasteiger charge is -2.10. The number of allylic oxidation sites excluding steroid dienone is 2. The second-order valence-corrected chi connectivity index (χ2v) is 6.65. The smallest absolute Gasteiger partial charge is 0.337 e. The fraction of sp³-hybridized carbons (Fsp3) is 0.133. The molecule has 1 fully saturated rings. The third kappa shape index (κ3) is 3.06. The fourth-order valence-electron chi connectivity index (χ4n) is 2.27. The summed E-state index contributed by atoms with van der Waals surface area (Å²) in [6.45, 7) is 0. The van der Waals surface area contributed by atoms with Gasteiger partial charge in [0.25, 0.3) is 10.0 Å². The second kappa shape index (κ2) is 5.93. The van der Waals surface area contributed by atoms with Crippen LogP contribution in [0, 0.1) is 0 Å². The van der Waals surface area contributed by atoms with Gasteiger partial charge in [-0.2, -0.15) is 12.8 Å². The van der Waals surface area contributed by atoms with Crippen LogP contribution in [0.3, 0.4) is 0 Å². The van der Waals surface area contributed by atoms with Crippen molar-refractivity contribution >= 4 is 27.7 Å². The first-order valence-corrected chi connectivity index (χ1v) is 8.34. The maximum atomic E-state index is 12.3. The van der Waals surface area contributed by atoms with E-state index in [4.69, 9.17) is 0 Å². The zero-order chi connectivity index (χ0) is 17.3. The molecule has 1 unspecified atom stereocenters. The van der Waals surface area contributed by atoms with E-state index in [9.17, 15) is 18.0 Å². The van der Waals surface area contributed by atoms with Crippen LogP contribution < -0.4 is 10.6 Å². The van der Waals surface area contributed by atoms with Gasteiger partial charge in [0.15, 0.2) is 0 Å². The molecule has 1 heterocycles. The van der Waals surface area contributed by atoms with Gasteiger partial charge in [0.05, 0.1) is 29.3 Å². The highest BCUT2D eigenvalue weighted by Crippen LogP contribution is 2.17. The Labute approximate surface area is 138 Å². The van der Waals surface area contributed by atoms with Gasteiger partial charge in [0, 0.05) is 5.70 Å². The van der Waals surface area contributed by atoms with Gasteiger partial charge >= 0.3 is 12.0 Å². The van der Waals surface area contributed by atoms with Crippen LogP contribution in [-0.2, 0) is 14.8 Å². The number of carbonyl (C=O) groups excluding carboxylic acids is 2. The molecule has 1 atom stereocenters. The summed E-state index contributed by atoms with van der Waals surface area (Å²) in [6.07, 6.45) is 4.65. The van der Waals surface area contributed by atoms with Crippen molar-refractivity contribution in [3.8, 4) is 0 Å². The van der Waals surface area contributed by atoms with Gasteiger partial charge in [-0.25, -0.2) is 9.59 Å². The number of sulfonamides is 1. The average molecular weight is 347 g/mol. The first-order valence-electron chi connectivity index (χ1n) is 6.90. The maximum Gasteiger partial charge on any atom is 0.337 e. The number of carbonyl (C=O) groups is 2. The Bertz CT molecular complexity index is 898. The summed E-state index contributed by atoms with van der Waals surface area (Å²) in [5, 5.41) is 5.21. The minimum Gasteiger partial charge on any atom is -0.465 e. The topological polar surface area (TPSA) is 114 Å².